The van der Waals surface area contributed by atoms with Crippen LogP contribution in [0.5, 0.6) is 0 Å². The number of hydrogen-bond acceptors (Lipinski definition) is 5. The van der Waals surface area contributed by atoms with E-state index in [0.717, 1.165) is 0 Å². The Morgan fingerprint density at radius 2 is 1.88 bits per heavy atom. The Balaban J connectivity index is 0.000000385. The van der Waals surface area contributed by atoms with Crippen molar-refractivity contribution < 1.29 is 24.8 Å². The van der Waals surface area contributed by atoms with E-state index in [-0.39, 0.29) is 6.61 Å². The molecular weight excluding hydrogens is 212 g/mol. The second-order valence-electron chi connectivity index (χ2n) is 2.94. The largest absolute Gasteiger partial charge is 0.394 e. The molecule has 0 aliphatic heterocycles. The van der Waals surface area contributed by atoms with E-state index in [1.165, 1.54) is 14.0 Å². The summed E-state index contributed by atoms with van der Waals surface area (Å²) in [5, 5.41) is 16.0. The maximum absolute atomic E-state index is 10.9. The summed E-state index contributed by atoms with van der Waals surface area (Å²) >= 11 is 0. The molecule has 0 saturated heterocycles. The third-order valence-corrected chi connectivity index (χ3v) is 1.43. The number of aliphatic hydroxyl groups is 2. The molecule has 16 heavy (non-hydrogen) atoms. The van der Waals surface area contributed by atoms with E-state index < -0.39 is 12.1 Å². The number of benzene rings is 1. The van der Waals surface area contributed by atoms with E-state index in [4.69, 9.17) is 10.2 Å². The summed E-state index contributed by atoms with van der Waals surface area (Å²) in [5.74, 6) is -0.479. The predicted octanol–water partition coefficient (Wildman–Crippen LogP) is 0.764. The van der Waals surface area contributed by atoms with Crippen LogP contribution in [-0.2, 0) is 9.78 Å². The van der Waals surface area contributed by atoms with Crippen molar-refractivity contribution in [2.75, 3.05) is 13.7 Å². The number of rotatable bonds is 3. The Labute approximate surface area is 94.2 Å². The highest BCUT2D eigenvalue weighted by atomic mass is 17.2. The minimum absolute atomic E-state index is 0.139. The molecular formula is C11H16O5. The van der Waals surface area contributed by atoms with Crippen LogP contribution in [0.1, 0.15) is 17.3 Å². The van der Waals surface area contributed by atoms with E-state index in [1.54, 1.807) is 24.3 Å². The highest BCUT2D eigenvalue weighted by molar-refractivity contribution is 5.88. The summed E-state index contributed by atoms with van der Waals surface area (Å²) < 4.78 is 0. The van der Waals surface area contributed by atoms with E-state index in [0.29, 0.717) is 5.56 Å². The van der Waals surface area contributed by atoms with Crippen molar-refractivity contribution in [2.24, 2.45) is 0 Å². The van der Waals surface area contributed by atoms with Crippen LogP contribution in [0.15, 0.2) is 30.3 Å². The van der Waals surface area contributed by atoms with Gasteiger partial charge < -0.3 is 10.2 Å². The molecule has 0 spiro atoms. The Kier molecular flexibility index (Phi) is 8.05. The van der Waals surface area contributed by atoms with Gasteiger partial charge in [-0.25, -0.2) is 4.79 Å². The molecule has 0 saturated carbocycles. The highest BCUT2D eigenvalue weighted by Gasteiger charge is 2.04. The van der Waals surface area contributed by atoms with E-state index in [9.17, 15) is 4.79 Å². The van der Waals surface area contributed by atoms with Gasteiger partial charge in [-0.05, 0) is 19.1 Å². The van der Waals surface area contributed by atoms with Gasteiger partial charge in [-0.15, -0.1) is 0 Å². The Morgan fingerprint density at radius 1 is 1.38 bits per heavy atom. The molecule has 5 heteroatoms. The molecule has 1 aromatic rings. The van der Waals surface area contributed by atoms with Gasteiger partial charge in [-0.2, -0.15) is 4.89 Å². The number of carbonyl (C=O) groups excluding carboxylic acids is 1. The van der Waals surface area contributed by atoms with Gasteiger partial charge in [-0.3, -0.25) is 4.89 Å². The predicted molar refractivity (Wildman–Crippen MR) is 57.6 cm³/mol. The smallest absolute Gasteiger partial charge is 0.373 e. The molecule has 1 rings (SSSR count). The standard InChI is InChI=1S/C8H8O3.C3H8O2/c1-10-11-8(9)7-5-3-2-4-6-7;1-3(5)2-4/h2-6H,1H3;3-5H,2H2,1H3. The minimum atomic E-state index is -0.560. The Morgan fingerprint density at radius 3 is 2.25 bits per heavy atom. The lowest BCUT2D eigenvalue weighted by molar-refractivity contribution is -0.216. The third-order valence-electron chi connectivity index (χ3n) is 1.43. The number of aliphatic hydroxyl groups excluding tert-OH is 2. The van der Waals surface area contributed by atoms with Crippen molar-refractivity contribution >= 4 is 5.97 Å². The summed E-state index contributed by atoms with van der Waals surface area (Å²) in [6.07, 6.45) is -0.560. The van der Waals surface area contributed by atoms with Crippen molar-refractivity contribution in [3.8, 4) is 0 Å². The Bertz CT molecular complexity index is 284. The zero-order valence-electron chi connectivity index (χ0n) is 9.29. The second-order valence-corrected chi connectivity index (χ2v) is 2.94. The molecule has 0 heterocycles. The maximum Gasteiger partial charge on any atom is 0.373 e. The first-order valence-electron chi connectivity index (χ1n) is 4.70. The molecule has 1 unspecified atom stereocenters. The lowest BCUT2D eigenvalue weighted by Gasteiger charge is -1.97. The summed E-state index contributed by atoms with van der Waals surface area (Å²) in [4.78, 5) is 19.4. The van der Waals surface area contributed by atoms with Crippen LogP contribution in [0, 0.1) is 0 Å². The maximum atomic E-state index is 10.9. The van der Waals surface area contributed by atoms with Gasteiger partial charge in [0.15, 0.2) is 0 Å². The highest BCUT2D eigenvalue weighted by Crippen LogP contribution is 2.00. The summed E-state index contributed by atoms with van der Waals surface area (Å²) in [6.45, 7) is 1.39. The molecule has 0 radical (unpaired) electrons. The first kappa shape index (κ1) is 14.6. The van der Waals surface area contributed by atoms with E-state index in [2.05, 4.69) is 9.78 Å². The summed E-state index contributed by atoms with van der Waals surface area (Å²) in [7, 11) is 1.29. The van der Waals surface area contributed by atoms with Crippen molar-refractivity contribution in [3.63, 3.8) is 0 Å². The van der Waals surface area contributed by atoms with Crippen molar-refractivity contribution in [1.29, 1.82) is 0 Å². The minimum Gasteiger partial charge on any atom is -0.394 e. The second kappa shape index (κ2) is 8.84. The molecule has 1 atom stereocenters. The molecule has 1 aromatic carbocycles. The average molecular weight is 228 g/mol. The Hall–Kier alpha value is -1.43. The summed E-state index contributed by atoms with van der Waals surface area (Å²) in [6, 6.07) is 8.64. The molecule has 0 bridgehead atoms. The van der Waals surface area contributed by atoms with Gasteiger partial charge in [-0.1, -0.05) is 18.2 Å². The van der Waals surface area contributed by atoms with Crippen molar-refractivity contribution in [2.45, 2.75) is 13.0 Å². The van der Waals surface area contributed by atoms with Gasteiger partial charge >= 0.3 is 5.97 Å². The molecule has 0 aliphatic rings. The molecule has 90 valence electrons. The van der Waals surface area contributed by atoms with Gasteiger partial charge in [0.25, 0.3) is 0 Å². The van der Waals surface area contributed by atoms with E-state index >= 15 is 0 Å². The molecule has 0 amide bonds. The van der Waals surface area contributed by atoms with Crippen LogP contribution >= 0.6 is 0 Å². The quantitative estimate of drug-likeness (QED) is 0.590. The van der Waals surface area contributed by atoms with Crippen LogP contribution in [0.2, 0.25) is 0 Å². The van der Waals surface area contributed by atoms with Gasteiger partial charge in [0.05, 0.1) is 25.4 Å². The zero-order valence-corrected chi connectivity index (χ0v) is 9.29. The van der Waals surface area contributed by atoms with Gasteiger partial charge in [0, 0.05) is 0 Å². The van der Waals surface area contributed by atoms with Crippen LogP contribution in [0.4, 0.5) is 0 Å². The van der Waals surface area contributed by atoms with Gasteiger partial charge in [0.2, 0.25) is 0 Å². The average Bonchev–Trinajstić information content (AvgIpc) is 2.31. The van der Waals surface area contributed by atoms with Gasteiger partial charge in [0.1, 0.15) is 0 Å². The molecule has 5 nitrogen and oxygen atoms in total. The normalized spacial score (nSPS) is 11.0. The first-order valence-corrected chi connectivity index (χ1v) is 4.70. The molecule has 0 aromatic heterocycles. The van der Waals surface area contributed by atoms with Crippen LogP contribution in [-0.4, -0.2) is 36.0 Å². The van der Waals surface area contributed by atoms with E-state index in [1.807, 2.05) is 6.07 Å². The monoisotopic (exact) mass is 228 g/mol. The fraction of sp³-hybridized carbons (Fsp3) is 0.364. The van der Waals surface area contributed by atoms with Crippen LogP contribution < -0.4 is 0 Å². The third kappa shape index (κ3) is 6.94. The number of hydrogen-bond donors (Lipinski definition) is 2. The lowest BCUT2D eigenvalue weighted by atomic mass is 10.2. The molecule has 0 fully saturated rings. The van der Waals surface area contributed by atoms with Crippen molar-refractivity contribution in [1.82, 2.24) is 0 Å². The topological polar surface area (TPSA) is 76.0 Å². The lowest BCUT2D eigenvalue weighted by Crippen LogP contribution is -2.03. The molecule has 2 N–H and O–H groups in total. The van der Waals surface area contributed by atoms with Crippen LogP contribution in [0.3, 0.4) is 0 Å². The van der Waals surface area contributed by atoms with Crippen molar-refractivity contribution in [3.05, 3.63) is 35.9 Å². The fourth-order valence-corrected chi connectivity index (χ4v) is 0.698. The number of carbonyl (C=O) groups is 1. The molecule has 0 aliphatic carbocycles. The summed E-state index contributed by atoms with van der Waals surface area (Å²) in [5.41, 5.74) is 0.481. The fourth-order valence-electron chi connectivity index (χ4n) is 0.698. The SMILES string of the molecule is CC(O)CO.COOC(=O)c1ccccc1. The first-order chi connectivity index (χ1) is 7.61. The zero-order chi connectivity index (χ0) is 12.4. The van der Waals surface area contributed by atoms with Crippen LogP contribution in [0.25, 0.3) is 0 Å².